The first-order valence-electron chi connectivity index (χ1n) is 9.33. The maximum atomic E-state index is 11.7. The minimum atomic E-state index is -0.311. The lowest BCUT2D eigenvalue weighted by Crippen LogP contribution is -2.31. The first-order chi connectivity index (χ1) is 13.6. The molecule has 3 aromatic carbocycles. The normalized spacial score (nSPS) is 20.7. The summed E-state index contributed by atoms with van der Waals surface area (Å²) < 4.78 is 5.29. The summed E-state index contributed by atoms with van der Waals surface area (Å²) in [5.41, 5.74) is 3.93. The van der Waals surface area contributed by atoms with E-state index in [0.29, 0.717) is 5.69 Å². The number of nitrogens with one attached hydrogen (secondary N) is 1. The van der Waals surface area contributed by atoms with E-state index in [1.807, 2.05) is 36.4 Å². The van der Waals surface area contributed by atoms with Crippen molar-refractivity contribution in [2.45, 2.75) is 18.9 Å². The van der Waals surface area contributed by atoms with E-state index in [2.05, 4.69) is 36.5 Å². The molecule has 4 rings (SSSR count). The monoisotopic (exact) mass is 374 g/mol. The van der Waals surface area contributed by atoms with Crippen LogP contribution in [0.3, 0.4) is 0 Å². The summed E-state index contributed by atoms with van der Waals surface area (Å²) in [5.74, 6) is 1.03. The lowest BCUT2D eigenvalue weighted by Gasteiger charge is -2.39. The van der Waals surface area contributed by atoms with E-state index in [9.17, 15) is 10.1 Å². The number of anilines is 1. The Bertz CT molecular complexity index is 986. The fraction of sp³-hybridized carbons (Fsp3) is 0.217. The number of methoxy groups -OCH3 is 1. The molecule has 1 aliphatic heterocycles. The van der Waals surface area contributed by atoms with Gasteiger partial charge in [0.05, 0.1) is 18.1 Å². The molecule has 28 heavy (non-hydrogen) atoms. The molecular formula is C23H22N2O3. The molecule has 142 valence electrons. The average Bonchev–Trinajstić information content (AvgIpc) is 2.73. The van der Waals surface area contributed by atoms with Gasteiger partial charge in [0.1, 0.15) is 11.4 Å². The van der Waals surface area contributed by atoms with E-state index >= 15 is 0 Å². The summed E-state index contributed by atoms with van der Waals surface area (Å²) in [6, 6.07) is 23.4. The fourth-order valence-corrected chi connectivity index (χ4v) is 4.23. The van der Waals surface area contributed by atoms with Gasteiger partial charge in [0, 0.05) is 12.0 Å². The molecule has 0 unspecified atom stereocenters. The average molecular weight is 374 g/mol. The zero-order chi connectivity index (χ0) is 19.7. The van der Waals surface area contributed by atoms with Gasteiger partial charge in [-0.25, -0.2) is 0 Å². The minimum Gasteiger partial charge on any atom is -0.497 e. The van der Waals surface area contributed by atoms with Gasteiger partial charge in [-0.1, -0.05) is 61.5 Å². The van der Waals surface area contributed by atoms with Gasteiger partial charge in [-0.05, 0) is 34.7 Å². The number of rotatable bonds is 4. The van der Waals surface area contributed by atoms with Crippen molar-refractivity contribution in [3.63, 3.8) is 0 Å². The van der Waals surface area contributed by atoms with Crippen molar-refractivity contribution < 1.29 is 9.66 Å². The first-order valence-corrected chi connectivity index (χ1v) is 9.33. The van der Waals surface area contributed by atoms with E-state index in [0.717, 1.165) is 22.4 Å². The van der Waals surface area contributed by atoms with E-state index in [-0.39, 0.29) is 28.5 Å². The molecule has 3 aromatic rings. The molecule has 0 saturated heterocycles. The molecule has 3 atom stereocenters. The predicted octanol–water partition coefficient (Wildman–Crippen LogP) is 5.54. The van der Waals surface area contributed by atoms with E-state index in [1.54, 1.807) is 19.2 Å². The van der Waals surface area contributed by atoms with E-state index < -0.39 is 0 Å². The van der Waals surface area contributed by atoms with Crippen LogP contribution in [0.1, 0.15) is 35.6 Å². The molecule has 0 radical (unpaired) electrons. The van der Waals surface area contributed by atoms with E-state index in [4.69, 9.17) is 4.74 Å². The molecule has 5 nitrogen and oxygen atoms in total. The largest absolute Gasteiger partial charge is 0.497 e. The molecule has 1 heterocycles. The van der Waals surface area contributed by atoms with Gasteiger partial charge in [-0.3, -0.25) is 10.1 Å². The van der Waals surface area contributed by atoms with Crippen molar-refractivity contribution in [3.8, 4) is 5.75 Å². The molecule has 0 saturated carbocycles. The quantitative estimate of drug-likeness (QED) is 0.481. The van der Waals surface area contributed by atoms with Crippen LogP contribution in [0.15, 0.2) is 72.8 Å². The summed E-state index contributed by atoms with van der Waals surface area (Å²) in [6.07, 6.45) is 0. The zero-order valence-corrected chi connectivity index (χ0v) is 15.8. The van der Waals surface area contributed by atoms with Crippen LogP contribution >= 0.6 is 0 Å². The number of nitrogens with zero attached hydrogens (tertiary/aromatic N) is 1. The summed E-state index contributed by atoms with van der Waals surface area (Å²) >= 11 is 0. The molecule has 0 fully saturated rings. The van der Waals surface area contributed by atoms with Gasteiger partial charge in [-0.2, -0.15) is 0 Å². The highest BCUT2D eigenvalue weighted by Gasteiger charge is 2.38. The Morgan fingerprint density at radius 3 is 2.29 bits per heavy atom. The minimum absolute atomic E-state index is 0.0260. The van der Waals surface area contributed by atoms with Crippen LogP contribution < -0.4 is 10.1 Å². The highest BCUT2D eigenvalue weighted by molar-refractivity contribution is 5.71. The number of para-hydroxylation sites is 1. The molecule has 1 aliphatic rings. The number of fused-ring (bicyclic) bond motifs is 1. The summed E-state index contributed by atoms with van der Waals surface area (Å²) in [5, 5.41) is 15.1. The van der Waals surface area contributed by atoms with Crippen LogP contribution in [0.4, 0.5) is 11.4 Å². The molecule has 0 spiro atoms. The number of ether oxygens (including phenoxy) is 1. The molecule has 0 aromatic heterocycles. The van der Waals surface area contributed by atoms with Crippen LogP contribution in [0.5, 0.6) is 5.75 Å². The smallest absolute Gasteiger partial charge is 0.292 e. The fourth-order valence-electron chi connectivity index (χ4n) is 4.23. The Kier molecular flexibility index (Phi) is 4.74. The zero-order valence-electron chi connectivity index (χ0n) is 15.8. The Morgan fingerprint density at radius 1 is 0.929 bits per heavy atom. The van der Waals surface area contributed by atoms with Crippen LogP contribution in [-0.2, 0) is 0 Å². The van der Waals surface area contributed by atoms with Crippen LogP contribution in [0, 0.1) is 16.0 Å². The first kappa shape index (κ1) is 18.0. The molecule has 0 bridgehead atoms. The van der Waals surface area contributed by atoms with Gasteiger partial charge in [0.2, 0.25) is 0 Å². The number of hydrogen-bond acceptors (Lipinski definition) is 4. The standard InChI is InChI=1S/C23H22N2O3/c1-15-21(16-11-13-18(28-2)14-12-16)19-9-6-10-20(25(26)27)23(19)24-22(15)17-7-4-3-5-8-17/h3-15,21-22,24H,1-2H3/t15-,21+,22-/m1/s1. The Hall–Kier alpha value is -3.34. The maximum Gasteiger partial charge on any atom is 0.292 e. The summed E-state index contributed by atoms with van der Waals surface area (Å²) in [6.45, 7) is 2.20. The Labute approximate surface area is 164 Å². The third-order valence-corrected chi connectivity index (χ3v) is 5.59. The number of nitro benzene ring substituents is 1. The van der Waals surface area contributed by atoms with Crippen molar-refractivity contribution in [2.24, 2.45) is 5.92 Å². The Morgan fingerprint density at radius 2 is 1.64 bits per heavy atom. The second kappa shape index (κ2) is 7.35. The van der Waals surface area contributed by atoms with Gasteiger partial charge >= 0.3 is 0 Å². The lowest BCUT2D eigenvalue weighted by molar-refractivity contribution is -0.384. The van der Waals surface area contributed by atoms with Gasteiger partial charge in [0.15, 0.2) is 0 Å². The van der Waals surface area contributed by atoms with Gasteiger partial charge in [-0.15, -0.1) is 0 Å². The number of benzene rings is 3. The summed E-state index contributed by atoms with van der Waals surface area (Å²) in [4.78, 5) is 11.4. The maximum absolute atomic E-state index is 11.7. The Balaban J connectivity index is 1.88. The second-order valence-corrected chi connectivity index (χ2v) is 7.14. The van der Waals surface area contributed by atoms with Crippen molar-refractivity contribution in [2.75, 3.05) is 12.4 Å². The van der Waals surface area contributed by atoms with Crippen LogP contribution in [0.2, 0.25) is 0 Å². The number of hydrogen-bond donors (Lipinski definition) is 1. The van der Waals surface area contributed by atoms with Crippen molar-refractivity contribution in [3.05, 3.63) is 99.6 Å². The van der Waals surface area contributed by atoms with Crippen LogP contribution in [0.25, 0.3) is 0 Å². The molecule has 0 aliphatic carbocycles. The topological polar surface area (TPSA) is 64.4 Å². The van der Waals surface area contributed by atoms with Crippen molar-refractivity contribution in [1.82, 2.24) is 0 Å². The third-order valence-electron chi connectivity index (χ3n) is 5.59. The lowest BCUT2D eigenvalue weighted by atomic mass is 9.73. The molecule has 0 amide bonds. The predicted molar refractivity (Wildman–Crippen MR) is 110 cm³/mol. The van der Waals surface area contributed by atoms with Crippen molar-refractivity contribution in [1.29, 1.82) is 0 Å². The SMILES string of the molecule is COc1ccc([C@H]2c3cccc([N+](=O)[O-])c3N[C@@H](c3ccccc3)[C@@H]2C)cc1. The molecule has 1 N–H and O–H groups in total. The summed E-state index contributed by atoms with van der Waals surface area (Å²) in [7, 11) is 1.65. The number of nitro groups is 1. The highest BCUT2D eigenvalue weighted by atomic mass is 16.6. The highest BCUT2D eigenvalue weighted by Crippen LogP contribution is 2.50. The molecular weight excluding hydrogens is 352 g/mol. The van der Waals surface area contributed by atoms with E-state index in [1.165, 1.54) is 0 Å². The third kappa shape index (κ3) is 3.09. The van der Waals surface area contributed by atoms with Gasteiger partial charge in [0.25, 0.3) is 5.69 Å². The van der Waals surface area contributed by atoms with Crippen molar-refractivity contribution >= 4 is 11.4 Å². The second-order valence-electron chi connectivity index (χ2n) is 7.14. The van der Waals surface area contributed by atoms with Crippen LogP contribution in [-0.4, -0.2) is 12.0 Å². The van der Waals surface area contributed by atoms with Gasteiger partial charge < -0.3 is 10.1 Å². The molecule has 5 heteroatoms.